The fraction of sp³-hybridized carbons (Fsp3) is 0.167. The van der Waals surface area contributed by atoms with Gasteiger partial charge in [0.1, 0.15) is 6.54 Å². The molecular weight excluding hydrogens is 344 g/mol. The molecule has 0 spiro atoms. The van der Waals surface area contributed by atoms with E-state index in [1.54, 1.807) is 24.3 Å². The summed E-state index contributed by atoms with van der Waals surface area (Å²) in [5.41, 5.74) is 0.415. The van der Waals surface area contributed by atoms with Gasteiger partial charge in [-0.3, -0.25) is 14.3 Å². The predicted molar refractivity (Wildman–Crippen MR) is 90.3 cm³/mol. The molecule has 0 bridgehead atoms. The van der Waals surface area contributed by atoms with E-state index < -0.39 is 23.6 Å². The van der Waals surface area contributed by atoms with Gasteiger partial charge in [0.15, 0.2) is 11.6 Å². The Morgan fingerprint density at radius 3 is 2.73 bits per heavy atom. The van der Waals surface area contributed by atoms with Crippen LogP contribution in [-0.2, 0) is 11.3 Å². The molecule has 3 aromatic rings. The second-order valence-electron chi connectivity index (χ2n) is 5.68. The van der Waals surface area contributed by atoms with Crippen LogP contribution in [0.3, 0.4) is 0 Å². The number of aliphatic hydroxyl groups is 1. The van der Waals surface area contributed by atoms with E-state index in [-0.39, 0.29) is 24.1 Å². The zero-order chi connectivity index (χ0) is 18.7. The van der Waals surface area contributed by atoms with Crippen molar-refractivity contribution in [3.05, 3.63) is 76.1 Å². The number of aromatic nitrogens is 2. The van der Waals surface area contributed by atoms with Crippen LogP contribution < -0.4 is 10.7 Å². The lowest BCUT2D eigenvalue weighted by molar-refractivity contribution is -0.122. The van der Waals surface area contributed by atoms with Gasteiger partial charge in [0, 0.05) is 11.9 Å². The molecule has 134 valence electrons. The van der Waals surface area contributed by atoms with Crippen LogP contribution in [0.5, 0.6) is 0 Å². The van der Waals surface area contributed by atoms with Crippen LogP contribution in [0.1, 0.15) is 11.7 Å². The van der Waals surface area contributed by atoms with Crippen molar-refractivity contribution in [3.8, 4) is 0 Å². The minimum absolute atomic E-state index is 0.149. The number of nitrogens with one attached hydrogen (secondary N) is 1. The molecule has 0 aliphatic rings. The Bertz CT molecular complexity index is 1020. The highest BCUT2D eigenvalue weighted by molar-refractivity contribution is 5.81. The van der Waals surface area contributed by atoms with E-state index >= 15 is 0 Å². The summed E-state index contributed by atoms with van der Waals surface area (Å²) in [7, 11) is 0. The van der Waals surface area contributed by atoms with Crippen LogP contribution in [-0.4, -0.2) is 27.3 Å². The van der Waals surface area contributed by atoms with Gasteiger partial charge in [0.05, 0.1) is 17.8 Å². The number of rotatable bonds is 5. The van der Waals surface area contributed by atoms with Gasteiger partial charge in [0.25, 0.3) is 0 Å². The van der Waals surface area contributed by atoms with Gasteiger partial charge >= 0.3 is 0 Å². The van der Waals surface area contributed by atoms with Crippen molar-refractivity contribution in [1.82, 2.24) is 15.1 Å². The number of amides is 1. The van der Waals surface area contributed by atoms with E-state index in [0.717, 1.165) is 18.3 Å². The molecule has 1 aromatic heterocycles. The van der Waals surface area contributed by atoms with Crippen molar-refractivity contribution in [1.29, 1.82) is 0 Å². The van der Waals surface area contributed by atoms with Gasteiger partial charge < -0.3 is 10.4 Å². The van der Waals surface area contributed by atoms with Crippen molar-refractivity contribution < 1.29 is 18.7 Å². The minimum Gasteiger partial charge on any atom is -0.387 e. The standard InChI is InChI=1S/C18H15F2N3O3/c19-13-6-5-11(7-14(13)20)16(24)8-21-18(26)10-23-15-4-2-1-3-12(15)17(25)9-22-23/h1-7,9,16,24H,8,10H2,(H,21,26). The van der Waals surface area contributed by atoms with E-state index in [1.165, 1.54) is 10.7 Å². The first kappa shape index (κ1) is 17.7. The van der Waals surface area contributed by atoms with Crippen molar-refractivity contribution in [3.63, 3.8) is 0 Å². The summed E-state index contributed by atoms with van der Waals surface area (Å²) in [6.45, 7) is -0.340. The van der Waals surface area contributed by atoms with Gasteiger partial charge in [-0.2, -0.15) is 5.10 Å². The second kappa shape index (κ2) is 7.40. The molecule has 3 rings (SSSR count). The van der Waals surface area contributed by atoms with Crippen LogP contribution >= 0.6 is 0 Å². The zero-order valence-corrected chi connectivity index (χ0v) is 13.5. The maximum absolute atomic E-state index is 13.2. The monoisotopic (exact) mass is 359 g/mol. The van der Waals surface area contributed by atoms with Gasteiger partial charge in [0.2, 0.25) is 11.3 Å². The number of halogens is 2. The topological polar surface area (TPSA) is 84.2 Å². The smallest absolute Gasteiger partial charge is 0.241 e. The normalized spacial score (nSPS) is 12.1. The van der Waals surface area contributed by atoms with Crippen LogP contribution in [0.4, 0.5) is 8.78 Å². The lowest BCUT2D eigenvalue weighted by Crippen LogP contribution is -2.32. The number of hydrogen-bond acceptors (Lipinski definition) is 4. The third-order valence-electron chi connectivity index (χ3n) is 3.88. The summed E-state index contributed by atoms with van der Waals surface area (Å²) in [6.07, 6.45) is -0.0565. The maximum Gasteiger partial charge on any atom is 0.241 e. The first-order chi connectivity index (χ1) is 12.5. The molecule has 0 fully saturated rings. The molecule has 0 saturated carbocycles. The molecule has 1 amide bonds. The third kappa shape index (κ3) is 3.75. The van der Waals surface area contributed by atoms with Crippen molar-refractivity contribution in [2.24, 2.45) is 0 Å². The summed E-state index contributed by atoms with van der Waals surface area (Å²) in [4.78, 5) is 23.9. The van der Waals surface area contributed by atoms with Crippen molar-refractivity contribution in [2.75, 3.05) is 6.54 Å². The Kier molecular flexibility index (Phi) is 5.04. The number of fused-ring (bicyclic) bond motifs is 1. The van der Waals surface area contributed by atoms with E-state index in [4.69, 9.17) is 0 Å². The Labute approximate surface area is 146 Å². The highest BCUT2D eigenvalue weighted by atomic mass is 19.2. The Hall–Kier alpha value is -3.13. The number of benzene rings is 2. The summed E-state index contributed by atoms with van der Waals surface area (Å²) in [5, 5.41) is 16.9. The van der Waals surface area contributed by atoms with E-state index in [1.807, 2.05) is 0 Å². The fourth-order valence-corrected chi connectivity index (χ4v) is 2.53. The molecule has 1 unspecified atom stereocenters. The third-order valence-corrected chi connectivity index (χ3v) is 3.88. The highest BCUT2D eigenvalue weighted by Crippen LogP contribution is 2.15. The van der Waals surface area contributed by atoms with Crippen molar-refractivity contribution in [2.45, 2.75) is 12.6 Å². The number of aliphatic hydroxyl groups excluding tert-OH is 1. The van der Waals surface area contributed by atoms with Crippen LogP contribution in [0.15, 0.2) is 53.5 Å². The largest absolute Gasteiger partial charge is 0.387 e. The number of nitrogens with zero attached hydrogens (tertiary/aromatic N) is 2. The molecule has 0 saturated heterocycles. The molecule has 0 aliphatic carbocycles. The molecule has 6 nitrogen and oxygen atoms in total. The zero-order valence-electron chi connectivity index (χ0n) is 13.5. The Balaban J connectivity index is 1.67. The lowest BCUT2D eigenvalue weighted by Gasteiger charge is -2.14. The summed E-state index contributed by atoms with van der Waals surface area (Å²) in [5.74, 6) is -2.54. The summed E-state index contributed by atoms with van der Waals surface area (Å²) in [6, 6.07) is 9.78. The number of carbonyl (C=O) groups excluding carboxylic acids is 1. The molecule has 8 heteroatoms. The van der Waals surface area contributed by atoms with Gasteiger partial charge in [-0.1, -0.05) is 18.2 Å². The molecular formula is C18H15F2N3O3. The molecule has 2 N–H and O–H groups in total. The maximum atomic E-state index is 13.2. The minimum atomic E-state index is -1.19. The fourth-order valence-electron chi connectivity index (χ4n) is 2.53. The first-order valence-electron chi connectivity index (χ1n) is 7.80. The summed E-state index contributed by atoms with van der Waals surface area (Å²) >= 11 is 0. The van der Waals surface area contributed by atoms with Crippen LogP contribution in [0.2, 0.25) is 0 Å². The Morgan fingerprint density at radius 2 is 1.96 bits per heavy atom. The van der Waals surface area contributed by atoms with Gasteiger partial charge in [-0.05, 0) is 29.8 Å². The SMILES string of the molecule is O=C(Cn1ncc(=O)c2ccccc21)NCC(O)c1ccc(F)c(F)c1. The molecule has 26 heavy (non-hydrogen) atoms. The number of hydrogen-bond donors (Lipinski definition) is 2. The first-order valence-corrected chi connectivity index (χ1v) is 7.80. The van der Waals surface area contributed by atoms with Crippen molar-refractivity contribution >= 4 is 16.8 Å². The van der Waals surface area contributed by atoms with Gasteiger partial charge in [-0.15, -0.1) is 0 Å². The van der Waals surface area contributed by atoms with E-state index in [9.17, 15) is 23.5 Å². The number of para-hydroxylation sites is 1. The molecule has 1 heterocycles. The van der Waals surface area contributed by atoms with E-state index in [0.29, 0.717) is 10.9 Å². The number of carbonyl (C=O) groups is 1. The average Bonchev–Trinajstić information content (AvgIpc) is 2.64. The van der Waals surface area contributed by atoms with Gasteiger partial charge in [-0.25, -0.2) is 8.78 Å². The molecule has 2 aromatic carbocycles. The van der Waals surface area contributed by atoms with Crippen LogP contribution in [0.25, 0.3) is 10.9 Å². The predicted octanol–water partition coefficient (Wildman–Crippen LogP) is 1.52. The molecule has 0 radical (unpaired) electrons. The molecule has 0 aliphatic heterocycles. The quantitative estimate of drug-likeness (QED) is 0.724. The summed E-state index contributed by atoms with van der Waals surface area (Å²) < 4.78 is 27.5. The van der Waals surface area contributed by atoms with Crippen LogP contribution in [0, 0.1) is 11.6 Å². The second-order valence-corrected chi connectivity index (χ2v) is 5.68. The van der Waals surface area contributed by atoms with E-state index in [2.05, 4.69) is 10.4 Å². The average molecular weight is 359 g/mol. The molecule has 1 atom stereocenters. The highest BCUT2D eigenvalue weighted by Gasteiger charge is 2.13. The lowest BCUT2D eigenvalue weighted by atomic mass is 10.1. The Morgan fingerprint density at radius 1 is 1.19 bits per heavy atom.